The van der Waals surface area contributed by atoms with Gasteiger partial charge in [-0.15, -0.1) is 0 Å². The molecule has 0 aliphatic heterocycles. The van der Waals surface area contributed by atoms with Gasteiger partial charge in [-0.05, 0) is 47.7 Å². The summed E-state index contributed by atoms with van der Waals surface area (Å²) in [4.78, 5) is 21.6. The van der Waals surface area contributed by atoms with E-state index < -0.39 is 0 Å². The number of hydrogen-bond acceptors (Lipinski definition) is 6. The largest absolute Gasteiger partial charge is 0.367 e. The van der Waals surface area contributed by atoms with Gasteiger partial charge in [-0.2, -0.15) is 5.10 Å². The van der Waals surface area contributed by atoms with Crippen LogP contribution in [0.15, 0.2) is 40.1 Å². The molecule has 7 nitrogen and oxygen atoms in total. The Morgan fingerprint density at radius 3 is 2.79 bits per heavy atom. The number of rotatable bonds is 8. The average Bonchev–Trinajstić information content (AvgIpc) is 3.05. The molecule has 0 radical (unpaired) electrons. The van der Waals surface area contributed by atoms with Crippen LogP contribution in [-0.4, -0.2) is 44.0 Å². The van der Waals surface area contributed by atoms with Gasteiger partial charge in [0.05, 0.1) is 23.7 Å². The van der Waals surface area contributed by atoms with Crippen LogP contribution in [0, 0.1) is 0 Å². The molecule has 28 heavy (non-hydrogen) atoms. The van der Waals surface area contributed by atoms with E-state index in [1.54, 1.807) is 24.0 Å². The van der Waals surface area contributed by atoms with E-state index in [4.69, 9.17) is 0 Å². The van der Waals surface area contributed by atoms with Crippen molar-refractivity contribution in [1.29, 1.82) is 0 Å². The lowest BCUT2D eigenvalue weighted by molar-refractivity contribution is 0.0951. The molecule has 0 fully saturated rings. The van der Waals surface area contributed by atoms with Crippen LogP contribution >= 0.6 is 27.7 Å². The van der Waals surface area contributed by atoms with Gasteiger partial charge in [0.15, 0.2) is 10.8 Å². The smallest absolute Gasteiger partial charge is 0.252 e. The Morgan fingerprint density at radius 1 is 1.29 bits per heavy atom. The monoisotopic (exact) mass is 462 g/mol. The zero-order valence-electron chi connectivity index (χ0n) is 16.1. The molecule has 0 unspecified atom stereocenters. The Labute approximate surface area is 176 Å². The van der Waals surface area contributed by atoms with Gasteiger partial charge in [0, 0.05) is 17.1 Å². The lowest BCUT2D eigenvalue weighted by Crippen LogP contribution is -2.27. The molecule has 0 aliphatic carbocycles. The van der Waals surface area contributed by atoms with Crippen molar-refractivity contribution in [3.05, 3.63) is 40.5 Å². The summed E-state index contributed by atoms with van der Waals surface area (Å²) >= 11 is 5.00. The fourth-order valence-corrected chi connectivity index (χ4v) is 3.72. The molecule has 0 bridgehead atoms. The maximum atomic E-state index is 12.4. The van der Waals surface area contributed by atoms with Crippen molar-refractivity contribution in [2.24, 2.45) is 0 Å². The molecule has 3 aromatic rings. The molecule has 1 aromatic carbocycles. The van der Waals surface area contributed by atoms with Gasteiger partial charge < -0.3 is 10.6 Å². The topological polar surface area (TPSA) is 84.7 Å². The minimum Gasteiger partial charge on any atom is -0.367 e. The normalized spacial score (nSPS) is 11.2. The van der Waals surface area contributed by atoms with E-state index in [1.807, 2.05) is 22.9 Å². The molecule has 0 atom stereocenters. The van der Waals surface area contributed by atoms with Crippen molar-refractivity contribution < 1.29 is 4.79 Å². The third-order valence-corrected chi connectivity index (χ3v) is 5.32. The fraction of sp³-hybridized carbons (Fsp3) is 0.368. The maximum Gasteiger partial charge on any atom is 0.252 e. The molecule has 2 N–H and O–H groups in total. The van der Waals surface area contributed by atoms with E-state index in [9.17, 15) is 4.79 Å². The number of nitrogens with zero attached hydrogens (tertiary/aromatic N) is 4. The number of anilines is 1. The Hall–Kier alpha value is -2.13. The van der Waals surface area contributed by atoms with Gasteiger partial charge in [0.25, 0.3) is 5.91 Å². The summed E-state index contributed by atoms with van der Waals surface area (Å²) in [6, 6.07) is 7.61. The molecule has 0 spiro atoms. The molecule has 2 heterocycles. The van der Waals surface area contributed by atoms with Crippen molar-refractivity contribution >= 4 is 50.5 Å². The molecule has 3 rings (SSSR count). The van der Waals surface area contributed by atoms with Gasteiger partial charge in [0.1, 0.15) is 5.82 Å². The van der Waals surface area contributed by atoms with Crippen LogP contribution in [0.3, 0.4) is 0 Å². The Kier molecular flexibility index (Phi) is 6.90. The average molecular weight is 463 g/mol. The second kappa shape index (κ2) is 9.38. The number of hydrogen-bond donors (Lipinski definition) is 2. The minimum atomic E-state index is -0.122. The summed E-state index contributed by atoms with van der Waals surface area (Å²) < 4.78 is 2.58. The first-order valence-corrected chi connectivity index (χ1v) is 10.9. The molecule has 9 heteroatoms. The first-order chi connectivity index (χ1) is 13.5. The van der Waals surface area contributed by atoms with Gasteiger partial charge in [-0.1, -0.05) is 30.8 Å². The first-order valence-electron chi connectivity index (χ1n) is 9.15. The molecular formula is C19H23BrN6OS. The van der Waals surface area contributed by atoms with E-state index in [2.05, 4.69) is 62.4 Å². The summed E-state index contributed by atoms with van der Waals surface area (Å²) in [5.74, 6) is 1.56. The van der Waals surface area contributed by atoms with Crippen molar-refractivity contribution in [2.75, 3.05) is 17.6 Å². The molecule has 0 saturated heterocycles. The summed E-state index contributed by atoms with van der Waals surface area (Å²) in [6.45, 7) is 7.19. The zero-order valence-corrected chi connectivity index (χ0v) is 18.5. The van der Waals surface area contributed by atoms with Crippen molar-refractivity contribution in [2.45, 2.75) is 38.5 Å². The van der Waals surface area contributed by atoms with E-state index in [1.165, 1.54) is 0 Å². The number of carbonyl (C=O) groups excluding carboxylic acids is 1. The van der Waals surface area contributed by atoms with Crippen LogP contribution in [0.5, 0.6) is 0 Å². The predicted octanol–water partition coefficient (Wildman–Crippen LogP) is 3.95. The van der Waals surface area contributed by atoms with Crippen molar-refractivity contribution in [1.82, 2.24) is 25.1 Å². The number of aromatic nitrogens is 4. The third kappa shape index (κ3) is 4.82. The van der Waals surface area contributed by atoms with Crippen LogP contribution in [0.2, 0.25) is 0 Å². The highest BCUT2D eigenvalue weighted by molar-refractivity contribution is 9.10. The van der Waals surface area contributed by atoms with Crippen LogP contribution in [-0.2, 0) is 6.54 Å². The number of carbonyl (C=O) groups is 1. The van der Waals surface area contributed by atoms with E-state index >= 15 is 0 Å². The summed E-state index contributed by atoms with van der Waals surface area (Å²) in [7, 11) is 0. The highest BCUT2D eigenvalue weighted by atomic mass is 79.9. The Balaban J connectivity index is 1.77. The zero-order chi connectivity index (χ0) is 20.1. The molecule has 1 amide bonds. The SMILES string of the molecule is CCSc1nc(NC(C)C)c2cnn(CCNC(=O)c3ccccc3Br)c2n1. The number of amides is 1. The summed E-state index contributed by atoms with van der Waals surface area (Å²) in [6.07, 6.45) is 1.77. The van der Waals surface area contributed by atoms with Crippen molar-refractivity contribution in [3.8, 4) is 0 Å². The van der Waals surface area contributed by atoms with Crippen LogP contribution in [0.25, 0.3) is 11.0 Å². The van der Waals surface area contributed by atoms with Gasteiger partial charge in [0.2, 0.25) is 0 Å². The Bertz CT molecular complexity index is 974. The molecule has 148 valence electrons. The second-order valence-electron chi connectivity index (χ2n) is 6.43. The molecule has 0 aliphatic rings. The first kappa shape index (κ1) is 20.6. The number of benzene rings is 1. The van der Waals surface area contributed by atoms with Crippen LogP contribution in [0.1, 0.15) is 31.1 Å². The fourth-order valence-electron chi connectivity index (χ4n) is 2.69. The number of fused-ring (bicyclic) bond motifs is 1. The number of thioether (sulfide) groups is 1. The predicted molar refractivity (Wildman–Crippen MR) is 117 cm³/mol. The standard InChI is InChI=1S/C19H23BrN6OS/c1-4-28-19-24-16(23-12(2)3)14-11-22-26(17(14)25-19)10-9-21-18(27)13-7-5-6-8-15(13)20/h5-8,11-12H,4,9-10H2,1-3H3,(H,21,27)(H,23,24,25). The van der Waals surface area contributed by atoms with Gasteiger partial charge >= 0.3 is 0 Å². The third-order valence-electron chi connectivity index (χ3n) is 3.90. The quantitative estimate of drug-likeness (QED) is 0.389. The minimum absolute atomic E-state index is 0.122. The highest BCUT2D eigenvalue weighted by Gasteiger charge is 2.14. The summed E-state index contributed by atoms with van der Waals surface area (Å²) in [5, 5.41) is 12.4. The van der Waals surface area contributed by atoms with E-state index in [0.29, 0.717) is 18.7 Å². The molecule has 0 saturated carbocycles. The molecular weight excluding hydrogens is 440 g/mol. The van der Waals surface area contributed by atoms with E-state index in [-0.39, 0.29) is 11.9 Å². The lowest BCUT2D eigenvalue weighted by Gasteiger charge is -2.12. The second-order valence-corrected chi connectivity index (χ2v) is 8.51. The van der Waals surface area contributed by atoms with Crippen LogP contribution in [0.4, 0.5) is 5.82 Å². The van der Waals surface area contributed by atoms with Gasteiger partial charge in [-0.25, -0.2) is 14.6 Å². The highest BCUT2D eigenvalue weighted by Crippen LogP contribution is 2.24. The molecule has 2 aromatic heterocycles. The van der Waals surface area contributed by atoms with Crippen molar-refractivity contribution in [3.63, 3.8) is 0 Å². The number of halogens is 1. The summed E-state index contributed by atoms with van der Waals surface area (Å²) in [5.41, 5.74) is 1.38. The van der Waals surface area contributed by atoms with Gasteiger partial charge in [-0.3, -0.25) is 4.79 Å². The maximum absolute atomic E-state index is 12.4. The van der Waals surface area contributed by atoms with E-state index in [0.717, 1.165) is 32.2 Å². The number of nitrogens with one attached hydrogen (secondary N) is 2. The Morgan fingerprint density at radius 2 is 2.07 bits per heavy atom. The lowest BCUT2D eigenvalue weighted by atomic mass is 10.2. The van der Waals surface area contributed by atoms with Crippen LogP contribution < -0.4 is 10.6 Å².